The van der Waals surface area contributed by atoms with E-state index in [2.05, 4.69) is 9.47 Å². The summed E-state index contributed by atoms with van der Waals surface area (Å²) in [6, 6.07) is 0. The van der Waals surface area contributed by atoms with E-state index in [-0.39, 0.29) is 12.1 Å². The largest absolute Gasteiger partial charge is 0.466 e. The van der Waals surface area contributed by atoms with Gasteiger partial charge in [0, 0.05) is 6.92 Å². The third-order valence-corrected chi connectivity index (χ3v) is 1.04. The van der Waals surface area contributed by atoms with Gasteiger partial charge in [-0.2, -0.15) is 0 Å². The van der Waals surface area contributed by atoms with Crippen molar-refractivity contribution >= 4 is 11.9 Å². The molecule has 0 aliphatic rings. The maximum Gasteiger partial charge on any atom is 0.334 e. The quantitative estimate of drug-likeness (QED) is 0.715. The molecule has 1 atom stereocenters. The molecular formula is C10H20O5. The fraction of sp³-hybridized carbons (Fsp3) is 0.800. The number of esters is 2. The van der Waals surface area contributed by atoms with Crippen molar-refractivity contribution in [1.82, 2.24) is 0 Å². The number of hydrogen-bond acceptors (Lipinski definition) is 5. The average Bonchev–Trinajstić information content (AvgIpc) is 2.03. The Balaban J connectivity index is 0. The van der Waals surface area contributed by atoms with Crippen molar-refractivity contribution < 1.29 is 24.2 Å². The van der Waals surface area contributed by atoms with Crippen molar-refractivity contribution in [2.75, 3.05) is 6.61 Å². The van der Waals surface area contributed by atoms with E-state index in [1.165, 1.54) is 13.8 Å². The summed E-state index contributed by atoms with van der Waals surface area (Å²) in [5.74, 6) is -0.775. The Hall–Kier alpha value is -1.10. The second kappa shape index (κ2) is 9.45. The van der Waals surface area contributed by atoms with Crippen LogP contribution in [0.2, 0.25) is 0 Å². The van der Waals surface area contributed by atoms with Crippen LogP contribution in [0.3, 0.4) is 0 Å². The van der Waals surface area contributed by atoms with E-state index < -0.39 is 12.1 Å². The van der Waals surface area contributed by atoms with Gasteiger partial charge in [0.15, 0.2) is 0 Å². The first kappa shape index (κ1) is 16.3. The van der Waals surface area contributed by atoms with Crippen molar-refractivity contribution in [2.45, 2.75) is 46.8 Å². The lowest BCUT2D eigenvalue weighted by Crippen LogP contribution is -2.22. The molecule has 0 fully saturated rings. The van der Waals surface area contributed by atoms with Crippen molar-refractivity contribution in [1.29, 1.82) is 0 Å². The lowest BCUT2D eigenvalue weighted by molar-refractivity contribution is -0.156. The first-order chi connectivity index (χ1) is 6.81. The van der Waals surface area contributed by atoms with Crippen LogP contribution >= 0.6 is 0 Å². The second-order valence-electron chi connectivity index (χ2n) is 3.09. The molecule has 0 aliphatic heterocycles. The van der Waals surface area contributed by atoms with Gasteiger partial charge in [0.25, 0.3) is 0 Å². The number of carbonyl (C=O) groups is 2. The molecule has 15 heavy (non-hydrogen) atoms. The Morgan fingerprint density at radius 2 is 1.73 bits per heavy atom. The lowest BCUT2D eigenvalue weighted by atomic mass is 10.4. The molecule has 0 saturated carbocycles. The van der Waals surface area contributed by atoms with Crippen LogP contribution in [-0.4, -0.2) is 35.9 Å². The molecule has 5 nitrogen and oxygen atoms in total. The summed E-state index contributed by atoms with van der Waals surface area (Å²) >= 11 is 0. The van der Waals surface area contributed by atoms with E-state index in [9.17, 15) is 9.59 Å². The molecule has 1 N–H and O–H groups in total. The van der Waals surface area contributed by atoms with E-state index in [0.29, 0.717) is 6.61 Å². The highest BCUT2D eigenvalue weighted by Crippen LogP contribution is 1.92. The van der Waals surface area contributed by atoms with Crippen LogP contribution in [-0.2, 0) is 19.1 Å². The molecule has 90 valence electrons. The van der Waals surface area contributed by atoms with Crippen molar-refractivity contribution in [2.24, 2.45) is 0 Å². The Morgan fingerprint density at radius 1 is 1.27 bits per heavy atom. The van der Waals surface area contributed by atoms with Crippen LogP contribution in [0.5, 0.6) is 0 Å². The minimum Gasteiger partial charge on any atom is -0.466 e. The van der Waals surface area contributed by atoms with E-state index in [1.54, 1.807) is 20.8 Å². The molecular weight excluding hydrogens is 200 g/mol. The monoisotopic (exact) mass is 220 g/mol. The number of rotatable bonds is 3. The molecule has 0 bridgehead atoms. The first-order valence-electron chi connectivity index (χ1n) is 4.83. The SMILES string of the molecule is CC(C)OC(=O)C(C)O.CCOC(C)=O. The van der Waals surface area contributed by atoms with Crippen molar-refractivity contribution in [3.63, 3.8) is 0 Å². The second-order valence-corrected chi connectivity index (χ2v) is 3.09. The van der Waals surface area contributed by atoms with Gasteiger partial charge in [-0.3, -0.25) is 4.79 Å². The van der Waals surface area contributed by atoms with Crippen LogP contribution in [0.15, 0.2) is 0 Å². The zero-order chi connectivity index (χ0) is 12.4. The van der Waals surface area contributed by atoms with Crippen LogP contribution in [0.25, 0.3) is 0 Å². The maximum absolute atomic E-state index is 10.5. The minimum atomic E-state index is -1.01. The summed E-state index contributed by atoms with van der Waals surface area (Å²) in [5, 5.41) is 8.60. The molecule has 0 radical (unpaired) electrons. The molecule has 0 aliphatic carbocycles. The molecule has 0 saturated heterocycles. The van der Waals surface area contributed by atoms with Crippen molar-refractivity contribution in [3.05, 3.63) is 0 Å². The third-order valence-electron chi connectivity index (χ3n) is 1.04. The van der Waals surface area contributed by atoms with Crippen LogP contribution < -0.4 is 0 Å². The average molecular weight is 220 g/mol. The molecule has 1 unspecified atom stereocenters. The summed E-state index contributed by atoms with van der Waals surface area (Å²) in [5.41, 5.74) is 0. The van der Waals surface area contributed by atoms with Crippen molar-refractivity contribution in [3.8, 4) is 0 Å². The van der Waals surface area contributed by atoms with Gasteiger partial charge in [-0.1, -0.05) is 0 Å². The number of hydrogen-bond donors (Lipinski definition) is 1. The molecule has 0 aromatic heterocycles. The predicted octanol–water partition coefficient (Wildman–Crippen LogP) is 0.888. The number of aliphatic hydroxyl groups is 1. The van der Waals surface area contributed by atoms with Crippen LogP contribution in [0.4, 0.5) is 0 Å². The van der Waals surface area contributed by atoms with E-state index in [1.807, 2.05) is 0 Å². The minimum absolute atomic E-state index is 0.146. The normalized spacial score (nSPS) is 11.1. The van der Waals surface area contributed by atoms with Gasteiger partial charge < -0.3 is 14.6 Å². The van der Waals surface area contributed by atoms with E-state index >= 15 is 0 Å². The number of ether oxygens (including phenoxy) is 2. The van der Waals surface area contributed by atoms with Gasteiger partial charge in [-0.05, 0) is 27.7 Å². The fourth-order valence-electron chi connectivity index (χ4n) is 0.534. The maximum atomic E-state index is 10.5. The Bertz CT molecular complexity index is 186. The zero-order valence-electron chi connectivity index (χ0n) is 9.94. The molecule has 0 spiro atoms. The Labute approximate surface area is 90.4 Å². The highest BCUT2D eigenvalue weighted by atomic mass is 16.6. The molecule has 0 rings (SSSR count). The summed E-state index contributed by atoms with van der Waals surface area (Å²) in [7, 11) is 0. The lowest BCUT2D eigenvalue weighted by Gasteiger charge is -2.08. The predicted molar refractivity (Wildman–Crippen MR) is 55.2 cm³/mol. The number of aliphatic hydroxyl groups excluding tert-OH is 1. The highest BCUT2D eigenvalue weighted by Gasteiger charge is 2.10. The first-order valence-corrected chi connectivity index (χ1v) is 4.83. The topological polar surface area (TPSA) is 72.8 Å². The highest BCUT2D eigenvalue weighted by molar-refractivity contribution is 5.73. The van der Waals surface area contributed by atoms with Gasteiger partial charge in [0.05, 0.1) is 12.7 Å². The molecule has 0 aromatic carbocycles. The van der Waals surface area contributed by atoms with Gasteiger partial charge >= 0.3 is 11.9 Å². The molecule has 0 amide bonds. The van der Waals surface area contributed by atoms with Crippen LogP contribution in [0, 0.1) is 0 Å². The van der Waals surface area contributed by atoms with Crippen LogP contribution in [0.1, 0.15) is 34.6 Å². The van der Waals surface area contributed by atoms with Gasteiger partial charge in [-0.25, -0.2) is 4.79 Å². The number of carbonyl (C=O) groups excluding carboxylic acids is 2. The summed E-state index contributed by atoms with van der Waals surface area (Å²) in [6.45, 7) is 8.51. The molecule has 0 heterocycles. The summed E-state index contributed by atoms with van der Waals surface area (Å²) in [6.07, 6.45) is -1.15. The zero-order valence-corrected chi connectivity index (χ0v) is 9.94. The van der Waals surface area contributed by atoms with Gasteiger partial charge in [0.1, 0.15) is 6.10 Å². The standard InChI is InChI=1S/C6H12O3.C4H8O2/c1-4(2)9-6(8)5(3)7;1-3-6-4(2)5/h4-5,7H,1-3H3;3H2,1-2H3. The van der Waals surface area contributed by atoms with E-state index in [0.717, 1.165) is 0 Å². The smallest absolute Gasteiger partial charge is 0.334 e. The Morgan fingerprint density at radius 3 is 1.80 bits per heavy atom. The molecule has 5 heteroatoms. The summed E-state index contributed by atoms with van der Waals surface area (Å²) < 4.78 is 9.03. The molecule has 0 aromatic rings. The Kier molecular flexibility index (Phi) is 10.3. The fourth-order valence-corrected chi connectivity index (χ4v) is 0.534. The summed E-state index contributed by atoms with van der Waals surface area (Å²) in [4.78, 5) is 20.3. The third kappa shape index (κ3) is 15.6. The van der Waals surface area contributed by atoms with Gasteiger partial charge in [0.2, 0.25) is 0 Å². The van der Waals surface area contributed by atoms with E-state index in [4.69, 9.17) is 5.11 Å². The van der Waals surface area contributed by atoms with Gasteiger partial charge in [-0.15, -0.1) is 0 Å².